The Bertz CT molecular complexity index is 2250. The molecular weight excluding hydrogens is 869 g/mol. The van der Waals surface area contributed by atoms with Crippen molar-refractivity contribution in [2.45, 2.75) is 85.0 Å². The lowest BCUT2D eigenvalue weighted by Crippen LogP contribution is -2.15. The van der Waals surface area contributed by atoms with E-state index >= 15 is 0 Å². The van der Waals surface area contributed by atoms with Gasteiger partial charge in [0.1, 0.15) is 42.5 Å². The van der Waals surface area contributed by atoms with E-state index in [2.05, 4.69) is 72.0 Å². The second-order valence-electron chi connectivity index (χ2n) is 15.9. The molecule has 0 fully saturated rings. The zero-order chi connectivity index (χ0) is 49.0. The number of carbonyl (C=O) groups excluding carboxylic acids is 3. The molecule has 0 aliphatic heterocycles. The van der Waals surface area contributed by atoms with Crippen LogP contribution >= 0.6 is 0 Å². The molecule has 0 aliphatic carbocycles. The Morgan fingerprint density at radius 2 is 0.884 bits per heavy atom. The first-order valence-corrected chi connectivity index (χ1v) is 24.0. The summed E-state index contributed by atoms with van der Waals surface area (Å²) in [6, 6.07) is 51.0. The number of benzene rings is 6. The standard InChI is InChI=1S/C29H35NO4.C20H22O5.C9H13N/c1-2-32-27-18-14-26(15-19-27)23-34-29(31)11-7-21-33-28-16-12-25(13-17-28)22-30-20-6-10-24-8-4-3-5-9-24;1-2-23-18-11-7-17(8-12-18)15-25-20(22)4-3-13-24-19-9-5-16(14-21)6-10-19;10-8-4-7-9-5-2-1-3-6-9/h3-5,8-9,12-19,30H,2,6-7,10-11,20-23H2,1H3;5-12,14H,2-4,13,15H2,1H3;1-3,5-6H,4,7-8,10H2. The number of hydrogen-bond acceptors (Lipinski definition) is 11. The lowest BCUT2D eigenvalue weighted by atomic mass is 10.1. The SMILES string of the molecule is CCOc1ccc(COC(=O)CCCOc2ccc(C=O)cc2)cc1.CCOc1ccc(COC(=O)CCCOc2ccc(CNCCCc3ccccc3)cc2)cc1.NCCCc1ccccc1. The average molecular weight is 939 g/mol. The monoisotopic (exact) mass is 939 g/mol. The summed E-state index contributed by atoms with van der Waals surface area (Å²) in [7, 11) is 0. The van der Waals surface area contributed by atoms with Crippen LogP contribution in [0.1, 0.15) is 90.5 Å². The molecule has 6 rings (SSSR count). The molecule has 0 saturated heterocycles. The molecule has 3 N–H and O–H groups in total. The van der Waals surface area contributed by atoms with Crippen LogP contribution in [-0.2, 0) is 51.7 Å². The molecule has 0 atom stereocenters. The third-order valence-electron chi connectivity index (χ3n) is 10.3. The van der Waals surface area contributed by atoms with Crippen LogP contribution in [0, 0.1) is 0 Å². The van der Waals surface area contributed by atoms with Gasteiger partial charge in [-0.05, 0) is 154 Å². The van der Waals surface area contributed by atoms with E-state index < -0.39 is 0 Å². The maximum absolute atomic E-state index is 12.0. The number of nitrogens with two attached hydrogens (primary N) is 1. The molecule has 0 aromatic heterocycles. The van der Waals surface area contributed by atoms with Gasteiger partial charge >= 0.3 is 11.9 Å². The quantitative estimate of drug-likeness (QED) is 0.0275. The van der Waals surface area contributed by atoms with Crippen LogP contribution < -0.4 is 30.0 Å². The molecule has 6 aromatic carbocycles. The van der Waals surface area contributed by atoms with Crippen LogP contribution in [0.15, 0.2) is 158 Å². The Hall–Kier alpha value is -6.95. The van der Waals surface area contributed by atoms with Crippen LogP contribution in [0.3, 0.4) is 0 Å². The molecule has 0 aliphatic rings. The summed E-state index contributed by atoms with van der Waals surface area (Å²) in [5.41, 5.74) is 11.8. The number of hydrogen-bond donors (Lipinski definition) is 2. The number of aryl methyl sites for hydroxylation is 2. The van der Waals surface area contributed by atoms with Crippen molar-refractivity contribution in [1.82, 2.24) is 5.32 Å². The van der Waals surface area contributed by atoms with Gasteiger partial charge in [0.05, 0.1) is 26.4 Å². The Balaban J connectivity index is 0.000000258. The normalized spacial score (nSPS) is 10.3. The van der Waals surface area contributed by atoms with E-state index in [1.807, 2.05) is 80.6 Å². The lowest BCUT2D eigenvalue weighted by molar-refractivity contribution is -0.146. The molecule has 0 amide bonds. The molecule has 0 heterocycles. The third kappa shape index (κ3) is 24.6. The van der Waals surface area contributed by atoms with Gasteiger partial charge < -0.3 is 39.5 Å². The van der Waals surface area contributed by atoms with Gasteiger partial charge in [0.15, 0.2) is 0 Å². The van der Waals surface area contributed by atoms with E-state index in [9.17, 15) is 14.4 Å². The zero-order valence-electron chi connectivity index (χ0n) is 40.4. The fourth-order valence-electron chi connectivity index (χ4n) is 6.57. The van der Waals surface area contributed by atoms with Gasteiger partial charge in [-0.2, -0.15) is 0 Å². The van der Waals surface area contributed by atoms with E-state index in [-0.39, 0.29) is 25.2 Å². The maximum atomic E-state index is 12.0. The molecule has 11 heteroatoms. The highest BCUT2D eigenvalue weighted by Gasteiger charge is 2.07. The summed E-state index contributed by atoms with van der Waals surface area (Å²) < 4.78 is 32.6. The molecule has 0 unspecified atom stereocenters. The Kier molecular flexibility index (Phi) is 27.2. The number of carbonyl (C=O) groups is 3. The number of nitrogens with one attached hydrogen (secondary N) is 1. The first kappa shape index (κ1) is 54.7. The van der Waals surface area contributed by atoms with Crippen LogP contribution in [0.2, 0.25) is 0 Å². The third-order valence-corrected chi connectivity index (χ3v) is 10.3. The van der Waals surface area contributed by atoms with E-state index in [1.165, 1.54) is 16.7 Å². The van der Waals surface area contributed by atoms with Crippen molar-refractivity contribution in [3.63, 3.8) is 0 Å². The van der Waals surface area contributed by atoms with Crippen LogP contribution in [0.4, 0.5) is 0 Å². The van der Waals surface area contributed by atoms with Crippen molar-refractivity contribution in [2.75, 3.05) is 39.5 Å². The highest BCUT2D eigenvalue weighted by atomic mass is 16.5. The van der Waals surface area contributed by atoms with Crippen molar-refractivity contribution >= 4 is 18.2 Å². The molecule has 0 bridgehead atoms. The first-order valence-electron chi connectivity index (χ1n) is 24.0. The lowest BCUT2D eigenvalue weighted by Gasteiger charge is -2.09. The highest BCUT2D eigenvalue weighted by molar-refractivity contribution is 5.74. The first-order chi connectivity index (χ1) is 33.9. The second-order valence-corrected chi connectivity index (χ2v) is 15.9. The van der Waals surface area contributed by atoms with E-state index in [0.717, 1.165) is 80.0 Å². The smallest absolute Gasteiger partial charge is 0.306 e. The minimum Gasteiger partial charge on any atom is -0.494 e. The molecule has 11 nitrogen and oxygen atoms in total. The van der Waals surface area contributed by atoms with E-state index in [4.69, 9.17) is 34.2 Å². The largest absolute Gasteiger partial charge is 0.494 e. The molecule has 0 spiro atoms. The van der Waals surface area contributed by atoms with Crippen LogP contribution in [-0.4, -0.2) is 57.7 Å². The van der Waals surface area contributed by atoms with Gasteiger partial charge in [-0.25, -0.2) is 0 Å². The van der Waals surface area contributed by atoms with Crippen molar-refractivity contribution in [2.24, 2.45) is 5.73 Å². The van der Waals surface area contributed by atoms with Crippen molar-refractivity contribution in [3.8, 4) is 23.0 Å². The fourth-order valence-corrected chi connectivity index (χ4v) is 6.57. The van der Waals surface area contributed by atoms with Gasteiger partial charge in [0.2, 0.25) is 0 Å². The van der Waals surface area contributed by atoms with Crippen molar-refractivity contribution < 1.29 is 42.8 Å². The Morgan fingerprint density at radius 1 is 0.478 bits per heavy atom. The topological polar surface area (TPSA) is 145 Å². The minimum atomic E-state index is -0.256. The summed E-state index contributed by atoms with van der Waals surface area (Å²) in [4.78, 5) is 34.3. The summed E-state index contributed by atoms with van der Waals surface area (Å²) in [6.07, 6.45) is 7.00. The number of rotatable bonds is 28. The summed E-state index contributed by atoms with van der Waals surface area (Å²) in [5.74, 6) is 2.64. The summed E-state index contributed by atoms with van der Waals surface area (Å²) in [5, 5.41) is 3.49. The predicted molar refractivity (Wildman–Crippen MR) is 273 cm³/mol. The van der Waals surface area contributed by atoms with Crippen LogP contribution in [0.25, 0.3) is 0 Å². The molecular formula is C58H70N2O9. The maximum Gasteiger partial charge on any atom is 0.306 e. The average Bonchev–Trinajstić information content (AvgIpc) is 3.39. The fraction of sp³-hybridized carbons (Fsp3) is 0.328. The summed E-state index contributed by atoms with van der Waals surface area (Å²) in [6.45, 7) is 9.17. The Morgan fingerprint density at radius 3 is 1.30 bits per heavy atom. The molecule has 69 heavy (non-hydrogen) atoms. The molecule has 6 aromatic rings. The Labute approximate surface area is 409 Å². The zero-order valence-corrected chi connectivity index (χ0v) is 40.4. The number of aldehydes is 1. The van der Waals surface area contributed by atoms with Crippen molar-refractivity contribution in [1.29, 1.82) is 0 Å². The van der Waals surface area contributed by atoms with Gasteiger partial charge in [0, 0.05) is 24.9 Å². The number of ether oxygens (including phenoxy) is 6. The molecule has 0 saturated carbocycles. The van der Waals surface area contributed by atoms with Gasteiger partial charge in [-0.1, -0.05) is 97.1 Å². The van der Waals surface area contributed by atoms with E-state index in [0.29, 0.717) is 63.4 Å². The molecule has 366 valence electrons. The van der Waals surface area contributed by atoms with Gasteiger partial charge in [0.25, 0.3) is 0 Å². The van der Waals surface area contributed by atoms with E-state index in [1.54, 1.807) is 24.3 Å². The highest BCUT2D eigenvalue weighted by Crippen LogP contribution is 2.17. The number of esters is 2. The second kappa shape index (κ2) is 34.4. The van der Waals surface area contributed by atoms with Gasteiger partial charge in [-0.3, -0.25) is 14.4 Å². The minimum absolute atomic E-state index is 0.217. The molecule has 0 radical (unpaired) electrons. The van der Waals surface area contributed by atoms with Crippen molar-refractivity contribution in [3.05, 3.63) is 191 Å². The van der Waals surface area contributed by atoms with Gasteiger partial charge in [-0.15, -0.1) is 0 Å². The summed E-state index contributed by atoms with van der Waals surface area (Å²) >= 11 is 0. The predicted octanol–water partition coefficient (Wildman–Crippen LogP) is 11.1. The van der Waals surface area contributed by atoms with Crippen LogP contribution in [0.5, 0.6) is 23.0 Å².